The zero-order valence-electron chi connectivity index (χ0n) is 35.7. The van der Waals surface area contributed by atoms with E-state index >= 15 is 0 Å². The van der Waals surface area contributed by atoms with Crippen molar-refractivity contribution >= 4 is 34.9 Å². The molecule has 6 atom stereocenters. The van der Waals surface area contributed by atoms with E-state index in [1.807, 2.05) is 89.9 Å². The monoisotopic (exact) mass is 864 g/mol. The van der Waals surface area contributed by atoms with Gasteiger partial charge in [-0.25, -0.2) is 4.68 Å². The number of aromatic nitrogens is 5. The topological polar surface area (TPSA) is 190 Å². The quantitative estimate of drug-likeness (QED) is 0.116. The Bertz CT molecular complexity index is 2250. The number of carbonyl (C=O) groups is 4. The third-order valence-corrected chi connectivity index (χ3v) is 10.7. The number of fused-ring (bicyclic) bond motifs is 1. The van der Waals surface area contributed by atoms with E-state index in [1.54, 1.807) is 12.1 Å². The first-order valence-electron chi connectivity index (χ1n) is 20.9. The highest BCUT2D eigenvalue weighted by Gasteiger charge is 2.53. The molecule has 0 bridgehead atoms. The van der Waals surface area contributed by atoms with Gasteiger partial charge in [0.25, 0.3) is 0 Å². The minimum Gasteiger partial charge on any atom is -0.463 e. The first-order chi connectivity index (χ1) is 30.5. The summed E-state index contributed by atoms with van der Waals surface area (Å²) in [7, 11) is 0. The van der Waals surface area contributed by atoms with Gasteiger partial charge in [0.05, 0.1) is 16.9 Å². The van der Waals surface area contributed by atoms with Crippen molar-refractivity contribution in [3.8, 4) is 5.75 Å². The third-order valence-electron chi connectivity index (χ3n) is 10.7. The van der Waals surface area contributed by atoms with Crippen molar-refractivity contribution in [1.82, 2.24) is 39.7 Å². The second kappa shape index (κ2) is 21.2. The van der Waals surface area contributed by atoms with E-state index in [9.17, 15) is 19.2 Å². The lowest BCUT2D eigenvalue weighted by Gasteiger charge is -2.43. The highest BCUT2D eigenvalue weighted by Crippen LogP contribution is 2.33. The molecule has 0 amide bonds. The minimum absolute atomic E-state index is 0.314. The molecule has 0 N–H and O–H groups in total. The number of benzene rings is 2. The number of pyridine rings is 2. The maximum Gasteiger partial charge on any atom is 0.303 e. The van der Waals surface area contributed by atoms with Gasteiger partial charge in [-0.3, -0.25) is 43.8 Å². The third kappa shape index (κ3) is 12.0. The van der Waals surface area contributed by atoms with Gasteiger partial charge in [-0.2, -0.15) is 0 Å². The summed E-state index contributed by atoms with van der Waals surface area (Å²) < 4.78 is 36.5. The van der Waals surface area contributed by atoms with Gasteiger partial charge >= 0.3 is 23.9 Å². The minimum atomic E-state index is -1.39. The smallest absolute Gasteiger partial charge is 0.303 e. The van der Waals surface area contributed by atoms with Gasteiger partial charge in [-0.15, -0.1) is 5.10 Å². The highest BCUT2D eigenvalue weighted by atomic mass is 16.7. The molecule has 5 heterocycles. The van der Waals surface area contributed by atoms with Crippen LogP contribution in [-0.2, 0) is 56.0 Å². The van der Waals surface area contributed by atoms with Crippen LogP contribution < -0.4 is 4.74 Å². The van der Waals surface area contributed by atoms with Gasteiger partial charge in [0.15, 0.2) is 12.2 Å². The molecule has 2 aliphatic heterocycles. The van der Waals surface area contributed by atoms with Crippen LogP contribution in [0.4, 0.5) is 0 Å². The van der Waals surface area contributed by atoms with Crippen LogP contribution >= 0.6 is 0 Å². The molecule has 2 aliphatic rings. The lowest BCUT2D eigenvalue weighted by Crippen LogP contribution is -2.63. The van der Waals surface area contributed by atoms with Crippen LogP contribution in [0.1, 0.15) is 50.8 Å². The summed E-state index contributed by atoms with van der Waals surface area (Å²) in [5, 5.41) is 9.26. The fraction of sp³-hybridized carbons (Fsp3) is 0.422. The first-order valence-corrected chi connectivity index (χ1v) is 20.9. The fourth-order valence-electron chi connectivity index (χ4n) is 7.87. The molecule has 3 aromatic heterocycles. The van der Waals surface area contributed by atoms with E-state index in [4.69, 9.17) is 33.6 Å². The Labute approximate surface area is 365 Å². The summed E-state index contributed by atoms with van der Waals surface area (Å²) in [5.41, 5.74) is 4.47. The van der Waals surface area contributed by atoms with Crippen molar-refractivity contribution < 1.29 is 47.6 Å². The molecular weight excluding hydrogens is 813 g/mol. The van der Waals surface area contributed by atoms with Gasteiger partial charge in [-0.05, 0) is 54.1 Å². The summed E-state index contributed by atoms with van der Waals surface area (Å²) in [4.78, 5) is 65.4. The predicted molar refractivity (Wildman–Crippen MR) is 225 cm³/mol. The molecule has 0 saturated carbocycles. The Morgan fingerprint density at radius 1 is 0.651 bits per heavy atom. The Morgan fingerprint density at radius 2 is 1.21 bits per heavy atom. The lowest BCUT2D eigenvalue weighted by atomic mass is 9.98. The number of carbonyl (C=O) groups excluding carboxylic acids is 4. The number of hydrogen-bond donors (Lipinski definition) is 0. The molecule has 63 heavy (non-hydrogen) atoms. The molecule has 5 aromatic rings. The fourth-order valence-corrected chi connectivity index (χ4v) is 7.87. The zero-order valence-corrected chi connectivity index (χ0v) is 35.7. The van der Waals surface area contributed by atoms with Crippen LogP contribution in [-0.4, -0.2) is 140 Å². The van der Waals surface area contributed by atoms with Gasteiger partial charge < -0.3 is 28.4 Å². The standard InChI is InChI=1S/C45H52N8O10/c1-30(54)58-29-40-41(59-31(2)55)42(60-32(3)56)43(61-33(4)57)45(63-40)62-37-17-15-34(16-18-37)44(53-39-14-6-5-13-38(39)48-49-53)52-25-23-50(27-35-11-7-9-19-46-35)21-22-51(24-26-52)28-36-12-8-10-20-47-36/h5-20,40-45H,21-29H2,1-4H3/t40-,41+,42+,43-,44?,45-/m1/s1. The van der Waals surface area contributed by atoms with E-state index in [1.165, 1.54) is 27.7 Å². The molecular formula is C45H52N8O10. The summed E-state index contributed by atoms with van der Waals surface area (Å²) >= 11 is 0. The van der Waals surface area contributed by atoms with E-state index in [-0.39, 0.29) is 6.61 Å². The van der Waals surface area contributed by atoms with Crippen LogP contribution in [0.5, 0.6) is 5.75 Å². The summed E-state index contributed by atoms with van der Waals surface area (Å²) in [6.45, 7) is 10.3. The van der Waals surface area contributed by atoms with Crippen LogP contribution in [0.3, 0.4) is 0 Å². The number of nitrogens with zero attached hydrogens (tertiary/aromatic N) is 8. The van der Waals surface area contributed by atoms with Crippen LogP contribution in [0, 0.1) is 0 Å². The molecule has 7 rings (SSSR count). The van der Waals surface area contributed by atoms with Crippen LogP contribution in [0.15, 0.2) is 97.3 Å². The summed E-state index contributed by atoms with van der Waals surface area (Å²) in [6.07, 6.45) is -3.38. The second-order valence-electron chi connectivity index (χ2n) is 15.4. The molecule has 2 aromatic carbocycles. The predicted octanol–water partition coefficient (Wildman–Crippen LogP) is 3.55. The molecule has 2 saturated heterocycles. The lowest BCUT2D eigenvalue weighted by molar-refractivity contribution is -0.288. The average Bonchev–Trinajstić information content (AvgIpc) is 3.72. The van der Waals surface area contributed by atoms with Crippen molar-refractivity contribution in [3.05, 3.63) is 114 Å². The molecule has 18 nitrogen and oxygen atoms in total. The molecule has 0 aliphatic carbocycles. The number of para-hydroxylation sites is 1. The second-order valence-corrected chi connectivity index (χ2v) is 15.4. The van der Waals surface area contributed by atoms with Gasteiger partial charge in [0.1, 0.15) is 30.1 Å². The van der Waals surface area contributed by atoms with E-state index < -0.39 is 60.7 Å². The van der Waals surface area contributed by atoms with Crippen molar-refractivity contribution in [2.45, 2.75) is 77.7 Å². The highest BCUT2D eigenvalue weighted by molar-refractivity contribution is 5.74. The van der Waals surface area contributed by atoms with Crippen LogP contribution in [0.25, 0.3) is 11.0 Å². The van der Waals surface area contributed by atoms with Crippen molar-refractivity contribution in [3.63, 3.8) is 0 Å². The maximum absolute atomic E-state index is 12.5. The van der Waals surface area contributed by atoms with Crippen molar-refractivity contribution in [2.75, 3.05) is 45.9 Å². The Morgan fingerprint density at radius 3 is 1.78 bits per heavy atom. The molecule has 0 spiro atoms. The SMILES string of the molecule is CC(=O)OC[C@H]1O[C@@H](Oc2ccc(C(N3CCN(Cc4ccccn4)CCN(Cc4ccccn4)CC3)n3nnc4ccccc43)cc2)[C@H](OC(C)=O)[C@@H](OC(C)=O)[C@H]1OC(C)=O. The first kappa shape index (κ1) is 44.7. The molecule has 332 valence electrons. The largest absolute Gasteiger partial charge is 0.463 e. The van der Waals surface area contributed by atoms with Gasteiger partial charge in [0, 0.05) is 92.4 Å². The van der Waals surface area contributed by atoms with E-state index in [0.29, 0.717) is 31.9 Å². The van der Waals surface area contributed by atoms with Gasteiger partial charge in [0.2, 0.25) is 12.4 Å². The molecule has 2 fully saturated rings. The van der Waals surface area contributed by atoms with E-state index in [0.717, 1.165) is 54.2 Å². The Balaban J connectivity index is 1.21. The normalized spacial score (nSPS) is 21.9. The summed E-state index contributed by atoms with van der Waals surface area (Å²) in [6, 6.07) is 27.1. The number of hydrogen-bond acceptors (Lipinski definition) is 17. The molecule has 0 radical (unpaired) electrons. The number of ether oxygens (including phenoxy) is 6. The van der Waals surface area contributed by atoms with Gasteiger partial charge in [-0.1, -0.05) is 41.6 Å². The number of rotatable bonds is 14. The van der Waals surface area contributed by atoms with Crippen LogP contribution in [0.2, 0.25) is 0 Å². The summed E-state index contributed by atoms with van der Waals surface area (Å²) in [5.74, 6) is -2.50. The zero-order chi connectivity index (χ0) is 44.3. The Hall–Kier alpha value is -6.34. The number of esters is 4. The molecule has 1 unspecified atom stereocenters. The van der Waals surface area contributed by atoms with Crippen molar-refractivity contribution in [2.24, 2.45) is 0 Å². The Kier molecular flexibility index (Phi) is 15.0. The van der Waals surface area contributed by atoms with E-state index in [2.05, 4.69) is 29.8 Å². The van der Waals surface area contributed by atoms with Crippen molar-refractivity contribution in [1.29, 1.82) is 0 Å². The molecule has 18 heteroatoms. The average molecular weight is 865 g/mol. The maximum atomic E-state index is 12.5.